The molecule has 18 heavy (non-hydrogen) atoms. The number of carbonyl (C=O) groups is 2. The second kappa shape index (κ2) is 8.52. The van der Waals surface area contributed by atoms with Crippen molar-refractivity contribution in [2.24, 2.45) is 0 Å². The van der Waals surface area contributed by atoms with Crippen LogP contribution in [0.1, 0.15) is 46.5 Å². The zero-order valence-electron chi connectivity index (χ0n) is 11.0. The second-order valence-corrected chi connectivity index (χ2v) is 4.65. The monoisotopic (exact) mass is 260 g/mol. The molecule has 0 aromatic rings. The van der Waals surface area contributed by atoms with Crippen molar-refractivity contribution in [1.82, 2.24) is 0 Å². The van der Waals surface area contributed by atoms with Gasteiger partial charge >= 0.3 is 11.9 Å². The first-order chi connectivity index (χ1) is 8.31. The molecule has 6 heteroatoms. The summed E-state index contributed by atoms with van der Waals surface area (Å²) in [5, 5.41) is 8.39. The number of carboxylic acids is 1. The molecule has 0 heterocycles. The highest BCUT2D eigenvalue weighted by Gasteiger charge is 2.10. The summed E-state index contributed by atoms with van der Waals surface area (Å²) in [5.74, 6) is -1.30. The predicted molar refractivity (Wildman–Crippen MR) is 63.3 cm³/mol. The molecule has 0 atom stereocenters. The van der Waals surface area contributed by atoms with Gasteiger partial charge in [-0.05, 0) is 33.6 Å². The summed E-state index contributed by atoms with van der Waals surface area (Å²) < 4.78 is 4.69. The third kappa shape index (κ3) is 12.5. The van der Waals surface area contributed by atoms with Crippen molar-refractivity contribution in [3.63, 3.8) is 0 Å². The Hall–Kier alpha value is -1.56. The molecule has 0 aliphatic carbocycles. The van der Waals surface area contributed by atoms with E-state index in [2.05, 4.69) is 4.89 Å². The van der Waals surface area contributed by atoms with Crippen molar-refractivity contribution in [3.8, 4) is 0 Å². The summed E-state index contributed by atoms with van der Waals surface area (Å²) in [6.07, 6.45) is 3.39. The molecule has 0 aliphatic rings. The molecule has 0 aromatic carbocycles. The Labute approximate surface area is 106 Å². The van der Waals surface area contributed by atoms with Gasteiger partial charge in [0, 0.05) is 12.8 Å². The summed E-state index contributed by atoms with van der Waals surface area (Å²) in [5.41, 5.74) is -0.439. The fraction of sp³-hybridized carbons (Fsp3) is 0.667. The standard InChI is InChI=1S/C12H20O6/c1-12(2,3)18-17-9-8-16-11(15)7-5-4-6-10(13)14/h8-9H,4-7H2,1-3H3,(H,13,14). The molecule has 0 bridgehead atoms. The van der Waals surface area contributed by atoms with Crippen molar-refractivity contribution in [2.75, 3.05) is 0 Å². The van der Waals surface area contributed by atoms with Gasteiger partial charge in [0.05, 0.1) is 0 Å². The Morgan fingerprint density at radius 3 is 2.28 bits per heavy atom. The molecule has 1 N–H and O–H groups in total. The van der Waals surface area contributed by atoms with Gasteiger partial charge in [0.15, 0.2) is 6.26 Å². The first kappa shape index (κ1) is 16.4. The van der Waals surface area contributed by atoms with Gasteiger partial charge in [0.25, 0.3) is 0 Å². The van der Waals surface area contributed by atoms with Crippen LogP contribution in [0.15, 0.2) is 12.5 Å². The van der Waals surface area contributed by atoms with Crippen LogP contribution in [0.2, 0.25) is 0 Å². The van der Waals surface area contributed by atoms with E-state index >= 15 is 0 Å². The summed E-state index contributed by atoms with van der Waals surface area (Å²) >= 11 is 0. The number of aliphatic carboxylic acids is 1. The van der Waals surface area contributed by atoms with Crippen LogP contribution in [0, 0.1) is 0 Å². The zero-order valence-corrected chi connectivity index (χ0v) is 11.0. The third-order valence-electron chi connectivity index (χ3n) is 1.63. The van der Waals surface area contributed by atoms with Crippen LogP contribution in [0.4, 0.5) is 0 Å². The van der Waals surface area contributed by atoms with Crippen LogP contribution in [0.25, 0.3) is 0 Å². The minimum Gasteiger partial charge on any atom is -0.481 e. The van der Waals surface area contributed by atoms with Gasteiger partial charge < -0.3 is 14.7 Å². The maximum Gasteiger partial charge on any atom is 0.310 e. The van der Waals surface area contributed by atoms with E-state index in [1.807, 2.05) is 20.8 Å². The molecule has 0 rings (SSSR count). The quantitative estimate of drug-likeness (QED) is 0.237. The summed E-state index contributed by atoms with van der Waals surface area (Å²) in [6.45, 7) is 5.44. The Morgan fingerprint density at radius 2 is 1.72 bits per heavy atom. The molecule has 0 saturated carbocycles. The van der Waals surface area contributed by atoms with Crippen molar-refractivity contribution in [1.29, 1.82) is 0 Å². The molecular weight excluding hydrogens is 240 g/mol. The highest BCUT2D eigenvalue weighted by atomic mass is 17.2. The van der Waals surface area contributed by atoms with Crippen LogP contribution in [-0.2, 0) is 24.1 Å². The van der Waals surface area contributed by atoms with Crippen molar-refractivity contribution in [2.45, 2.75) is 52.1 Å². The number of unbranched alkanes of at least 4 members (excludes halogenated alkanes) is 1. The van der Waals surface area contributed by atoms with E-state index in [1.54, 1.807) is 0 Å². The molecule has 6 nitrogen and oxygen atoms in total. The first-order valence-electron chi connectivity index (χ1n) is 5.72. The number of hydrogen-bond acceptors (Lipinski definition) is 5. The number of rotatable bonds is 8. The number of hydrogen-bond donors (Lipinski definition) is 1. The van der Waals surface area contributed by atoms with Crippen molar-refractivity contribution < 1.29 is 29.2 Å². The zero-order chi connectivity index (χ0) is 14.0. The summed E-state index contributed by atoms with van der Waals surface area (Å²) in [4.78, 5) is 30.9. The van der Waals surface area contributed by atoms with E-state index in [-0.39, 0.29) is 12.8 Å². The first-order valence-corrected chi connectivity index (χ1v) is 5.72. The summed E-state index contributed by atoms with van der Waals surface area (Å²) in [6, 6.07) is 0. The average Bonchev–Trinajstić information content (AvgIpc) is 2.22. The molecule has 0 fully saturated rings. The smallest absolute Gasteiger partial charge is 0.310 e. The van der Waals surface area contributed by atoms with Gasteiger partial charge in [0.1, 0.15) is 11.9 Å². The summed E-state index contributed by atoms with van der Waals surface area (Å²) in [7, 11) is 0. The number of carboxylic acid groups (broad SMARTS) is 1. The van der Waals surface area contributed by atoms with Gasteiger partial charge in [-0.2, -0.15) is 4.89 Å². The Balaban J connectivity index is 3.52. The van der Waals surface area contributed by atoms with Crippen LogP contribution in [0.3, 0.4) is 0 Å². The third-order valence-corrected chi connectivity index (χ3v) is 1.63. The van der Waals surface area contributed by atoms with Gasteiger partial charge in [0.2, 0.25) is 0 Å². The highest BCUT2D eigenvalue weighted by Crippen LogP contribution is 2.07. The van der Waals surface area contributed by atoms with E-state index in [0.717, 1.165) is 12.5 Å². The minimum atomic E-state index is -0.865. The largest absolute Gasteiger partial charge is 0.481 e. The topological polar surface area (TPSA) is 82.1 Å². The van der Waals surface area contributed by atoms with Crippen LogP contribution in [0.5, 0.6) is 0 Å². The van der Waals surface area contributed by atoms with Crippen molar-refractivity contribution >= 4 is 11.9 Å². The second-order valence-electron chi connectivity index (χ2n) is 4.65. The maximum atomic E-state index is 11.1. The lowest BCUT2D eigenvalue weighted by atomic mass is 10.2. The average molecular weight is 260 g/mol. The molecule has 0 aromatic heterocycles. The van der Waals surface area contributed by atoms with Crippen LogP contribution >= 0.6 is 0 Å². The fourth-order valence-corrected chi connectivity index (χ4v) is 0.903. The van der Waals surface area contributed by atoms with E-state index in [1.165, 1.54) is 0 Å². The molecule has 0 amide bonds. The van der Waals surface area contributed by atoms with Crippen LogP contribution < -0.4 is 0 Å². The Bertz CT molecular complexity index is 289. The van der Waals surface area contributed by atoms with Gasteiger partial charge in [-0.3, -0.25) is 9.59 Å². The molecule has 0 saturated heterocycles. The van der Waals surface area contributed by atoms with Gasteiger partial charge in [-0.1, -0.05) is 0 Å². The Morgan fingerprint density at radius 1 is 1.11 bits per heavy atom. The molecule has 0 unspecified atom stereocenters. The molecule has 0 spiro atoms. The van der Waals surface area contributed by atoms with Gasteiger partial charge in [-0.15, -0.1) is 0 Å². The lowest BCUT2D eigenvalue weighted by Crippen LogP contribution is -2.17. The SMILES string of the molecule is CC(C)(C)OOC=COC(=O)CCCCC(=O)O. The van der Waals surface area contributed by atoms with E-state index in [0.29, 0.717) is 12.8 Å². The van der Waals surface area contributed by atoms with E-state index < -0.39 is 17.5 Å². The van der Waals surface area contributed by atoms with Crippen molar-refractivity contribution in [3.05, 3.63) is 12.5 Å². The number of carbonyl (C=O) groups excluding carboxylic acids is 1. The van der Waals surface area contributed by atoms with Crippen LogP contribution in [-0.4, -0.2) is 22.6 Å². The highest BCUT2D eigenvalue weighted by molar-refractivity contribution is 5.70. The fourth-order valence-electron chi connectivity index (χ4n) is 0.903. The van der Waals surface area contributed by atoms with Gasteiger partial charge in [-0.25, -0.2) is 0 Å². The van der Waals surface area contributed by atoms with E-state index in [9.17, 15) is 9.59 Å². The Kier molecular flexibility index (Phi) is 7.78. The normalized spacial score (nSPS) is 11.5. The number of esters is 1. The molecule has 0 aliphatic heterocycles. The molecule has 0 radical (unpaired) electrons. The van der Waals surface area contributed by atoms with E-state index in [4.69, 9.17) is 14.7 Å². The maximum absolute atomic E-state index is 11.1. The lowest BCUT2D eigenvalue weighted by Gasteiger charge is -2.15. The lowest BCUT2D eigenvalue weighted by molar-refractivity contribution is -0.311. The molecular formula is C12H20O6. The number of ether oxygens (including phenoxy) is 1. The minimum absolute atomic E-state index is 0.0612. The molecule has 104 valence electrons. The predicted octanol–water partition coefficient (Wildman–Crippen LogP) is 2.39.